The molecule has 2 amide bonds. The molecule has 128 valence electrons. The predicted octanol–water partition coefficient (Wildman–Crippen LogP) is 2.97. The van der Waals surface area contributed by atoms with Gasteiger partial charge >= 0.3 is 6.03 Å². The standard InChI is InChI=1S/C19H24N2O3/c22-16-9-12-21(13-10-16)19(23)20-11-8-17(18-7-4-14-24-18)15-5-2-1-3-6-15/h1-7,14,16-17,22H,8-13H2,(H,20,23)/t17-/m1/s1. The Balaban J connectivity index is 1.55. The van der Waals surface area contributed by atoms with Crippen LogP contribution in [0.3, 0.4) is 0 Å². The molecule has 2 N–H and O–H groups in total. The molecule has 1 atom stereocenters. The molecular weight excluding hydrogens is 304 g/mol. The van der Waals surface area contributed by atoms with Crippen LogP contribution >= 0.6 is 0 Å². The van der Waals surface area contributed by atoms with Crippen molar-refractivity contribution in [3.63, 3.8) is 0 Å². The Morgan fingerprint density at radius 2 is 1.96 bits per heavy atom. The van der Waals surface area contributed by atoms with E-state index in [0.717, 1.165) is 12.2 Å². The first-order chi connectivity index (χ1) is 11.7. The lowest BCUT2D eigenvalue weighted by atomic mass is 9.93. The highest BCUT2D eigenvalue weighted by molar-refractivity contribution is 5.74. The average molecular weight is 328 g/mol. The van der Waals surface area contributed by atoms with Crippen LogP contribution in [0.15, 0.2) is 53.1 Å². The first-order valence-corrected chi connectivity index (χ1v) is 8.53. The van der Waals surface area contributed by atoms with Crippen molar-refractivity contribution < 1.29 is 14.3 Å². The van der Waals surface area contributed by atoms with Crippen LogP contribution in [0.1, 0.15) is 36.5 Å². The summed E-state index contributed by atoms with van der Waals surface area (Å²) in [6, 6.07) is 14.0. The molecule has 1 saturated heterocycles. The molecule has 24 heavy (non-hydrogen) atoms. The summed E-state index contributed by atoms with van der Waals surface area (Å²) in [4.78, 5) is 14.0. The van der Waals surface area contributed by atoms with Crippen LogP contribution < -0.4 is 5.32 Å². The van der Waals surface area contributed by atoms with Gasteiger partial charge in [0.1, 0.15) is 5.76 Å². The second kappa shape index (κ2) is 8.02. The second-order valence-electron chi connectivity index (χ2n) is 6.22. The maximum atomic E-state index is 12.2. The molecule has 2 heterocycles. The van der Waals surface area contributed by atoms with Crippen LogP contribution in [0.2, 0.25) is 0 Å². The van der Waals surface area contributed by atoms with Crippen molar-refractivity contribution in [1.82, 2.24) is 10.2 Å². The quantitative estimate of drug-likeness (QED) is 0.887. The summed E-state index contributed by atoms with van der Waals surface area (Å²) in [5.74, 6) is 1.04. The third-order valence-corrected chi connectivity index (χ3v) is 4.55. The summed E-state index contributed by atoms with van der Waals surface area (Å²) in [7, 11) is 0. The monoisotopic (exact) mass is 328 g/mol. The van der Waals surface area contributed by atoms with Crippen molar-refractivity contribution in [2.24, 2.45) is 0 Å². The van der Waals surface area contributed by atoms with Crippen LogP contribution in [0, 0.1) is 0 Å². The molecule has 5 nitrogen and oxygen atoms in total. The molecule has 1 aliphatic rings. The van der Waals surface area contributed by atoms with Crippen LogP contribution in [0.4, 0.5) is 4.79 Å². The zero-order chi connectivity index (χ0) is 16.8. The van der Waals surface area contributed by atoms with Gasteiger partial charge in [-0.15, -0.1) is 0 Å². The fourth-order valence-electron chi connectivity index (χ4n) is 3.15. The maximum Gasteiger partial charge on any atom is 0.317 e. The largest absolute Gasteiger partial charge is 0.469 e. The Kier molecular flexibility index (Phi) is 5.54. The summed E-state index contributed by atoms with van der Waals surface area (Å²) in [6.07, 6.45) is 3.51. The van der Waals surface area contributed by atoms with E-state index in [1.807, 2.05) is 30.3 Å². The van der Waals surface area contributed by atoms with Crippen LogP contribution in [-0.4, -0.2) is 41.8 Å². The van der Waals surface area contributed by atoms with E-state index >= 15 is 0 Å². The highest BCUT2D eigenvalue weighted by Crippen LogP contribution is 2.27. The van der Waals surface area contributed by atoms with Crippen molar-refractivity contribution in [2.45, 2.75) is 31.3 Å². The maximum absolute atomic E-state index is 12.2. The number of aliphatic hydroxyl groups excluding tert-OH is 1. The van der Waals surface area contributed by atoms with Crippen molar-refractivity contribution >= 4 is 6.03 Å². The molecule has 3 rings (SSSR count). The van der Waals surface area contributed by atoms with Crippen molar-refractivity contribution in [3.8, 4) is 0 Å². The average Bonchev–Trinajstić information content (AvgIpc) is 3.14. The number of furan rings is 1. The van der Waals surface area contributed by atoms with E-state index < -0.39 is 0 Å². The summed E-state index contributed by atoms with van der Waals surface area (Å²) >= 11 is 0. The molecule has 0 aliphatic carbocycles. The predicted molar refractivity (Wildman–Crippen MR) is 91.8 cm³/mol. The van der Waals surface area contributed by atoms with Crippen LogP contribution in [0.25, 0.3) is 0 Å². The molecule has 0 saturated carbocycles. The Morgan fingerprint density at radius 3 is 2.62 bits per heavy atom. The number of hydrogen-bond donors (Lipinski definition) is 2. The SMILES string of the molecule is O=C(NCC[C@H](c1ccccc1)c1ccco1)N1CCC(O)CC1. The zero-order valence-corrected chi connectivity index (χ0v) is 13.7. The highest BCUT2D eigenvalue weighted by Gasteiger charge is 2.22. The minimum Gasteiger partial charge on any atom is -0.469 e. The molecule has 1 aromatic carbocycles. The number of likely N-dealkylation sites (tertiary alicyclic amines) is 1. The number of carbonyl (C=O) groups is 1. The van der Waals surface area contributed by atoms with Crippen LogP contribution in [-0.2, 0) is 0 Å². The number of hydrogen-bond acceptors (Lipinski definition) is 3. The Bertz CT molecular complexity index is 619. The molecule has 0 spiro atoms. The molecule has 2 aromatic rings. The number of urea groups is 1. The first-order valence-electron chi connectivity index (χ1n) is 8.53. The Labute approximate surface area is 142 Å². The lowest BCUT2D eigenvalue weighted by molar-refractivity contribution is 0.0937. The molecule has 0 radical (unpaired) electrons. The van der Waals surface area contributed by atoms with Gasteiger partial charge in [0.2, 0.25) is 0 Å². The van der Waals surface area contributed by atoms with E-state index in [-0.39, 0.29) is 18.1 Å². The number of amides is 2. The third-order valence-electron chi connectivity index (χ3n) is 4.55. The molecule has 1 aromatic heterocycles. The molecule has 1 fully saturated rings. The van der Waals surface area contributed by atoms with Gasteiger partial charge in [-0.2, -0.15) is 0 Å². The molecule has 1 aliphatic heterocycles. The van der Waals surface area contributed by atoms with Gasteiger partial charge in [0.05, 0.1) is 12.4 Å². The molecule has 5 heteroatoms. The second-order valence-corrected chi connectivity index (χ2v) is 6.22. The summed E-state index contributed by atoms with van der Waals surface area (Å²) in [6.45, 7) is 1.82. The van der Waals surface area contributed by atoms with Crippen molar-refractivity contribution in [3.05, 3.63) is 60.1 Å². The fraction of sp³-hybridized carbons (Fsp3) is 0.421. The van der Waals surface area contributed by atoms with Gasteiger partial charge in [-0.3, -0.25) is 0 Å². The number of benzene rings is 1. The molecule has 0 bridgehead atoms. The number of aliphatic hydroxyl groups is 1. The van der Waals surface area contributed by atoms with E-state index in [1.54, 1.807) is 11.2 Å². The molecule has 0 unspecified atom stereocenters. The number of nitrogens with one attached hydrogen (secondary N) is 1. The van der Waals surface area contributed by atoms with E-state index in [2.05, 4.69) is 17.4 Å². The topological polar surface area (TPSA) is 65.7 Å². The smallest absolute Gasteiger partial charge is 0.317 e. The summed E-state index contributed by atoms with van der Waals surface area (Å²) < 4.78 is 5.58. The van der Waals surface area contributed by atoms with Gasteiger partial charge in [0.15, 0.2) is 0 Å². The zero-order valence-electron chi connectivity index (χ0n) is 13.7. The van der Waals surface area contributed by atoms with Crippen molar-refractivity contribution in [1.29, 1.82) is 0 Å². The lowest BCUT2D eigenvalue weighted by Crippen LogP contribution is -2.45. The van der Waals surface area contributed by atoms with Crippen LogP contribution in [0.5, 0.6) is 0 Å². The first kappa shape index (κ1) is 16.6. The number of carbonyl (C=O) groups excluding carboxylic acids is 1. The summed E-state index contributed by atoms with van der Waals surface area (Å²) in [5, 5.41) is 12.5. The lowest BCUT2D eigenvalue weighted by Gasteiger charge is -2.29. The fourth-order valence-corrected chi connectivity index (χ4v) is 3.15. The van der Waals surface area contributed by atoms with Gasteiger partial charge in [0.25, 0.3) is 0 Å². The van der Waals surface area contributed by atoms with Gasteiger partial charge in [0, 0.05) is 25.6 Å². The molecular formula is C19H24N2O3. The normalized spacial score (nSPS) is 16.8. The minimum absolute atomic E-state index is 0.0480. The number of rotatable bonds is 5. The van der Waals surface area contributed by atoms with Crippen molar-refractivity contribution in [2.75, 3.05) is 19.6 Å². The van der Waals surface area contributed by atoms with Gasteiger partial charge in [-0.25, -0.2) is 4.79 Å². The van der Waals surface area contributed by atoms with E-state index in [9.17, 15) is 9.90 Å². The number of piperidine rings is 1. The van der Waals surface area contributed by atoms with Gasteiger partial charge in [-0.05, 0) is 37.0 Å². The number of nitrogens with zero attached hydrogens (tertiary/aromatic N) is 1. The van der Waals surface area contributed by atoms with Gasteiger partial charge in [-0.1, -0.05) is 30.3 Å². The van der Waals surface area contributed by atoms with E-state index in [4.69, 9.17) is 4.42 Å². The third kappa shape index (κ3) is 4.17. The summed E-state index contributed by atoms with van der Waals surface area (Å²) in [5.41, 5.74) is 1.18. The Hall–Kier alpha value is -2.27. The van der Waals surface area contributed by atoms with E-state index in [0.29, 0.717) is 32.5 Å². The minimum atomic E-state index is -0.268. The Morgan fingerprint density at radius 1 is 1.21 bits per heavy atom. The highest BCUT2D eigenvalue weighted by atomic mass is 16.3. The van der Waals surface area contributed by atoms with E-state index in [1.165, 1.54) is 5.56 Å². The van der Waals surface area contributed by atoms with Gasteiger partial charge < -0.3 is 19.7 Å².